The van der Waals surface area contributed by atoms with Gasteiger partial charge in [-0.05, 0) is 24.1 Å². The second-order valence-corrected chi connectivity index (χ2v) is 8.36. The van der Waals surface area contributed by atoms with E-state index in [1.165, 1.54) is 6.92 Å². The topological polar surface area (TPSA) is 106 Å². The van der Waals surface area contributed by atoms with E-state index in [9.17, 15) is 4.79 Å². The number of imidazole rings is 1. The number of fused-ring (bicyclic) bond motifs is 1. The summed E-state index contributed by atoms with van der Waals surface area (Å²) in [5.74, 6) is 0.596. The zero-order chi connectivity index (χ0) is 23.8. The minimum Gasteiger partial charge on any atom is -0.463 e. The number of hydrogen-bond acceptors (Lipinski definition) is 8. The Bertz CT molecular complexity index is 1080. The van der Waals surface area contributed by atoms with Crippen LogP contribution in [-0.2, 0) is 16.1 Å². The van der Waals surface area contributed by atoms with Crippen molar-refractivity contribution in [2.75, 3.05) is 56.6 Å². The lowest BCUT2D eigenvalue weighted by molar-refractivity contribution is -0.114. The van der Waals surface area contributed by atoms with Crippen molar-refractivity contribution in [3.63, 3.8) is 0 Å². The summed E-state index contributed by atoms with van der Waals surface area (Å²) >= 11 is 0. The first-order valence-electron chi connectivity index (χ1n) is 11.9. The third-order valence-corrected chi connectivity index (χ3v) is 5.62. The van der Waals surface area contributed by atoms with Gasteiger partial charge in [0.15, 0.2) is 17.0 Å². The molecule has 2 N–H and O–H groups in total. The van der Waals surface area contributed by atoms with Crippen molar-refractivity contribution in [3.05, 3.63) is 36.2 Å². The van der Waals surface area contributed by atoms with Crippen LogP contribution < -0.4 is 15.4 Å². The zero-order valence-electron chi connectivity index (χ0n) is 19.9. The van der Waals surface area contributed by atoms with E-state index in [-0.39, 0.29) is 5.91 Å². The molecule has 1 aliphatic rings. The Kier molecular flexibility index (Phi) is 8.26. The number of amides is 1. The monoisotopic (exact) mass is 467 g/mol. The van der Waals surface area contributed by atoms with E-state index < -0.39 is 0 Å². The number of anilines is 2. The van der Waals surface area contributed by atoms with Crippen LogP contribution in [0.4, 0.5) is 11.5 Å². The van der Waals surface area contributed by atoms with E-state index in [0.717, 1.165) is 74.6 Å². The standard InChI is InChI=1S/C24H33N7O3/c1-3-4-13-34-24-28-22(25-9-10-30-11-14-33-15-12-30)21-23(29-24)31(17-26-21)16-19-5-7-20(8-6-19)27-18(2)32/h5-8,17H,3-4,9-16H2,1-2H3,(H,27,32)(H,25,28,29). The number of nitrogens with zero attached hydrogens (tertiary/aromatic N) is 5. The minimum absolute atomic E-state index is 0.0886. The van der Waals surface area contributed by atoms with Gasteiger partial charge in [0.2, 0.25) is 5.91 Å². The van der Waals surface area contributed by atoms with E-state index >= 15 is 0 Å². The molecule has 3 heterocycles. The highest BCUT2D eigenvalue weighted by atomic mass is 16.5. The molecule has 1 fully saturated rings. The second-order valence-electron chi connectivity index (χ2n) is 8.36. The lowest BCUT2D eigenvalue weighted by Gasteiger charge is -2.26. The number of carbonyl (C=O) groups is 1. The lowest BCUT2D eigenvalue weighted by Crippen LogP contribution is -2.39. The van der Waals surface area contributed by atoms with Gasteiger partial charge in [0, 0.05) is 38.8 Å². The van der Waals surface area contributed by atoms with Crippen molar-refractivity contribution in [1.82, 2.24) is 24.4 Å². The van der Waals surface area contributed by atoms with Crippen LogP contribution in [-0.4, -0.2) is 76.3 Å². The molecular weight excluding hydrogens is 434 g/mol. The number of nitrogens with one attached hydrogen (secondary N) is 2. The Morgan fingerprint density at radius 2 is 1.97 bits per heavy atom. The summed E-state index contributed by atoms with van der Waals surface area (Å²) < 4.78 is 13.3. The number of benzene rings is 1. The quantitative estimate of drug-likeness (QED) is 0.415. The molecule has 1 saturated heterocycles. The molecule has 0 saturated carbocycles. The normalized spacial score (nSPS) is 14.3. The lowest BCUT2D eigenvalue weighted by atomic mass is 10.2. The number of rotatable bonds is 11. The highest BCUT2D eigenvalue weighted by Gasteiger charge is 2.16. The molecular formula is C24H33N7O3. The molecule has 0 spiro atoms. The van der Waals surface area contributed by atoms with Gasteiger partial charge in [-0.15, -0.1) is 0 Å². The van der Waals surface area contributed by atoms with Crippen LogP contribution in [0.2, 0.25) is 0 Å². The molecule has 2 aromatic heterocycles. The molecule has 10 nitrogen and oxygen atoms in total. The largest absolute Gasteiger partial charge is 0.463 e. The van der Waals surface area contributed by atoms with Crippen molar-refractivity contribution in [3.8, 4) is 6.01 Å². The molecule has 182 valence electrons. The predicted molar refractivity (Wildman–Crippen MR) is 131 cm³/mol. The Morgan fingerprint density at radius 1 is 1.18 bits per heavy atom. The molecule has 4 rings (SSSR count). The molecule has 0 atom stereocenters. The zero-order valence-corrected chi connectivity index (χ0v) is 19.9. The van der Waals surface area contributed by atoms with Crippen LogP contribution in [0, 0.1) is 0 Å². The molecule has 0 unspecified atom stereocenters. The fraction of sp³-hybridized carbons (Fsp3) is 0.500. The van der Waals surface area contributed by atoms with Crippen molar-refractivity contribution >= 4 is 28.6 Å². The summed E-state index contributed by atoms with van der Waals surface area (Å²) in [5.41, 5.74) is 3.29. The van der Waals surface area contributed by atoms with Crippen LogP contribution in [0.15, 0.2) is 30.6 Å². The average molecular weight is 468 g/mol. The van der Waals surface area contributed by atoms with Gasteiger partial charge >= 0.3 is 6.01 Å². The van der Waals surface area contributed by atoms with Gasteiger partial charge in [-0.2, -0.15) is 9.97 Å². The maximum absolute atomic E-state index is 11.3. The number of hydrogen-bond donors (Lipinski definition) is 2. The molecule has 0 aliphatic carbocycles. The van der Waals surface area contributed by atoms with Crippen LogP contribution >= 0.6 is 0 Å². The molecule has 1 amide bonds. The highest BCUT2D eigenvalue weighted by Crippen LogP contribution is 2.23. The van der Waals surface area contributed by atoms with Crippen molar-refractivity contribution in [2.24, 2.45) is 0 Å². The third-order valence-electron chi connectivity index (χ3n) is 5.62. The number of ether oxygens (including phenoxy) is 2. The van der Waals surface area contributed by atoms with Crippen molar-refractivity contribution in [1.29, 1.82) is 0 Å². The van der Waals surface area contributed by atoms with E-state index in [1.807, 2.05) is 28.8 Å². The van der Waals surface area contributed by atoms with Crippen LogP contribution in [0.25, 0.3) is 11.2 Å². The van der Waals surface area contributed by atoms with E-state index in [4.69, 9.17) is 9.47 Å². The first-order chi connectivity index (χ1) is 16.6. The summed E-state index contributed by atoms with van der Waals surface area (Å²) in [4.78, 5) is 27.5. The van der Waals surface area contributed by atoms with Gasteiger partial charge in [0.25, 0.3) is 0 Å². The van der Waals surface area contributed by atoms with Gasteiger partial charge in [-0.1, -0.05) is 25.5 Å². The Labute approximate surface area is 199 Å². The fourth-order valence-electron chi connectivity index (χ4n) is 3.79. The Morgan fingerprint density at radius 3 is 2.71 bits per heavy atom. The molecule has 1 aliphatic heterocycles. The Balaban J connectivity index is 1.52. The minimum atomic E-state index is -0.0886. The SMILES string of the molecule is CCCCOc1nc(NCCN2CCOCC2)c2ncn(Cc3ccc(NC(C)=O)cc3)c2n1. The van der Waals surface area contributed by atoms with Gasteiger partial charge in [0.1, 0.15) is 0 Å². The number of unbranched alkanes of at least 4 members (excludes halogenated alkanes) is 1. The smallest absolute Gasteiger partial charge is 0.320 e. The fourth-order valence-corrected chi connectivity index (χ4v) is 3.79. The first-order valence-corrected chi connectivity index (χ1v) is 11.9. The van der Waals surface area contributed by atoms with Gasteiger partial charge < -0.3 is 24.7 Å². The predicted octanol–water partition coefficient (Wildman–Crippen LogP) is 2.76. The maximum Gasteiger partial charge on any atom is 0.320 e. The molecule has 1 aromatic carbocycles. The van der Waals surface area contributed by atoms with Crippen molar-refractivity contribution in [2.45, 2.75) is 33.2 Å². The van der Waals surface area contributed by atoms with Crippen LogP contribution in [0.1, 0.15) is 32.3 Å². The van der Waals surface area contributed by atoms with Gasteiger partial charge in [0.05, 0.1) is 32.7 Å². The summed E-state index contributed by atoms with van der Waals surface area (Å²) in [6, 6.07) is 8.11. The van der Waals surface area contributed by atoms with E-state index in [1.54, 1.807) is 6.33 Å². The molecule has 10 heteroatoms. The summed E-state index contributed by atoms with van der Waals surface area (Å²) in [5, 5.41) is 6.23. The number of morpholine rings is 1. The summed E-state index contributed by atoms with van der Waals surface area (Å²) in [6.45, 7) is 9.90. The van der Waals surface area contributed by atoms with Crippen molar-refractivity contribution < 1.29 is 14.3 Å². The van der Waals surface area contributed by atoms with E-state index in [2.05, 4.69) is 37.4 Å². The average Bonchev–Trinajstić information content (AvgIpc) is 3.23. The first kappa shape index (κ1) is 23.9. The second kappa shape index (κ2) is 11.8. The summed E-state index contributed by atoms with van der Waals surface area (Å²) in [6.07, 6.45) is 3.77. The molecule has 0 bridgehead atoms. The van der Waals surface area contributed by atoms with Gasteiger partial charge in [-0.25, -0.2) is 4.98 Å². The number of carbonyl (C=O) groups excluding carboxylic acids is 1. The van der Waals surface area contributed by atoms with Gasteiger partial charge in [-0.3, -0.25) is 9.69 Å². The molecule has 3 aromatic rings. The Hall–Kier alpha value is -3.24. The third kappa shape index (κ3) is 6.42. The van der Waals surface area contributed by atoms with Crippen LogP contribution in [0.5, 0.6) is 6.01 Å². The molecule has 34 heavy (non-hydrogen) atoms. The number of aromatic nitrogens is 4. The summed E-state index contributed by atoms with van der Waals surface area (Å²) in [7, 11) is 0. The molecule has 0 radical (unpaired) electrons. The highest BCUT2D eigenvalue weighted by molar-refractivity contribution is 5.88. The van der Waals surface area contributed by atoms with E-state index in [0.29, 0.717) is 25.0 Å². The maximum atomic E-state index is 11.3. The van der Waals surface area contributed by atoms with Crippen LogP contribution in [0.3, 0.4) is 0 Å².